The third-order valence-corrected chi connectivity index (χ3v) is 5.26. The summed E-state index contributed by atoms with van der Waals surface area (Å²) in [6.45, 7) is 8.04. The van der Waals surface area contributed by atoms with Gasteiger partial charge in [-0.15, -0.1) is 0 Å². The van der Waals surface area contributed by atoms with Crippen molar-refractivity contribution in [2.75, 3.05) is 10.2 Å². The van der Waals surface area contributed by atoms with Crippen LogP contribution in [0.1, 0.15) is 39.9 Å². The van der Waals surface area contributed by atoms with Crippen LogP contribution in [0.4, 0.5) is 17.2 Å². The molecule has 0 spiro atoms. The number of fused-ring (bicyclic) bond motifs is 1. The Kier molecular flexibility index (Phi) is 4.59. The van der Waals surface area contributed by atoms with Crippen molar-refractivity contribution in [1.82, 2.24) is 9.97 Å². The zero-order valence-corrected chi connectivity index (χ0v) is 16.7. The molecule has 3 aromatic rings. The quantitative estimate of drug-likeness (QED) is 0.722. The number of nitrogens with one attached hydrogen (secondary N) is 1. The van der Waals surface area contributed by atoms with Crippen LogP contribution in [0.2, 0.25) is 0 Å². The van der Waals surface area contributed by atoms with Gasteiger partial charge in [-0.2, -0.15) is 0 Å². The van der Waals surface area contributed by atoms with Gasteiger partial charge in [0, 0.05) is 23.5 Å². The minimum atomic E-state index is -0.0916. The molecule has 1 aliphatic heterocycles. The summed E-state index contributed by atoms with van der Waals surface area (Å²) < 4.78 is 0. The number of carbonyl (C=O) groups is 1. The van der Waals surface area contributed by atoms with E-state index in [0.717, 1.165) is 17.8 Å². The van der Waals surface area contributed by atoms with E-state index in [1.165, 1.54) is 16.7 Å². The average Bonchev–Trinajstić information content (AvgIpc) is 2.99. The fraction of sp³-hybridized carbons (Fsp3) is 0.261. The van der Waals surface area contributed by atoms with Crippen LogP contribution in [-0.4, -0.2) is 21.9 Å². The normalized spacial score (nSPS) is 15.4. The summed E-state index contributed by atoms with van der Waals surface area (Å²) in [7, 11) is 0. The zero-order valence-electron chi connectivity index (χ0n) is 16.7. The average molecular weight is 372 g/mol. The van der Waals surface area contributed by atoms with Crippen LogP contribution >= 0.6 is 0 Å². The van der Waals surface area contributed by atoms with Crippen molar-refractivity contribution in [2.45, 2.75) is 40.2 Å². The monoisotopic (exact) mass is 372 g/mol. The number of anilines is 3. The Hall–Kier alpha value is -3.21. The zero-order chi connectivity index (χ0) is 19.8. The summed E-state index contributed by atoms with van der Waals surface area (Å²) in [6.07, 6.45) is 0.861. The number of benzene rings is 2. The van der Waals surface area contributed by atoms with Gasteiger partial charge in [0.15, 0.2) is 0 Å². The van der Waals surface area contributed by atoms with Gasteiger partial charge >= 0.3 is 0 Å². The van der Waals surface area contributed by atoms with E-state index in [0.29, 0.717) is 17.3 Å². The van der Waals surface area contributed by atoms with Crippen molar-refractivity contribution in [3.63, 3.8) is 0 Å². The number of para-hydroxylation sites is 1. The molecule has 0 fully saturated rings. The van der Waals surface area contributed by atoms with E-state index in [1.54, 1.807) is 6.07 Å². The van der Waals surface area contributed by atoms with Crippen LogP contribution < -0.4 is 10.2 Å². The summed E-state index contributed by atoms with van der Waals surface area (Å²) in [4.78, 5) is 24.0. The number of amides is 1. The summed E-state index contributed by atoms with van der Waals surface area (Å²) in [5.41, 5.74) is 5.96. The molecule has 5 nitrogen and oxygen atoms in total. The minimum absolute atomic E-state index is 0.0916. The van der Waals surface area contributed by atoms with Crippen LogP contribution in [0.3, 0.4) is 0 Å². The lowest BCUT2D eigenvalue weighted by molar-refractivity contribution is 0.0976. The second-order valence-electron chi connectivity index (χ2n) is 7.47. The van der Waals surface area contributed by atoms with E-state index in [2.05, 4.69) is 54.3 Å². The lowest BCUT2D eigenvalue weighted by atomic mass is 10.1. The highest BCUT2D eigenvalue weighted by atomic mass is 16.2. The highest BCUT2D eigenvalue weighted by Gasteiger charge is 2.32. The van der Waals surface area contributed by atoms with E-state index in [-0.39, 0.29) is 11.9 Å². The van der Waals surface area contributed by atoms with Gasteiger partial charge in [0.2, 0.25) is 0 Å². The number of aromatic nitrogens is 2. The number of hydrogen-bond donors (Lipinski definition) is 1. The Morgan fingerprint density at radius 1 is 1.04 bits per heavy atom. The van der Waals surface area contributed by atoms with Crippen LogP contribution in [-0.2, 0) is 6.42 Å². The smallest absolute Gasteiger partial charge is 0.277 e. The second-order valence-corrected chi connectivity index (χ2v) is 7.47. The first-order valence-electron chi connectivity index (χ1n) is 9.54. The van der Waals surface area contributed by atoms with Gasteiger partial charge < -0.3 is 10.2 Å². The third kappa shape index (κ3) is 3.36. The highest BCUT2D eigenvalue weighted by molar-refractivity contribution is 6.07. The molecule has 0 aliphatic carbocycles. The molecule has 1 N–H and O–H groups in total. The molecule has 1 aromatic heterocycles. The maximum Gasteiger partial charge on any atom is 0.277 e. The number of aryl methyl sites for hydroxylation is 3. The Balaban J connectivity index is 1.65. The maximum absolute atomic E-state index is 13.3. The largest absolute Gasteiger partial charge is 0.340 e. The van der Waals surface area contributed by atoms with Gasteiger partial charge in [-0.1, -0.05) is 24.3 Å². The Bertz CT molecular complexity index is 1060. The minimum Gasteiger partial charge on any atom is -0.340 e. The fourth-order valence-corrected chi connectivity index (χ4v) is 3.71. The van der Waals surface area contributed by atoms with Gasteiger partial charge in [-0.3, -0.25) is 4.79 Å². The summed E-state index contributed by atoms with van der Waals surface area (Å²) in [5, 5.41) is 3.31. The standard InChI is InChI=1S/C23H24N4O/c1-14-9-10-19(11-15(14)2)26-22-13-20(24-17(4)25-22)23(28)27-16(3)12-18-7-5-6-8-21(18)27/h5-11,13,16H,12H2,1-4H3,(H,24,25,26). The predicted molar refractivity (Wildman–Crippen MR) is 112 cm³/mol. The first-order chi connectivity index (χ1) is 13.4. The first kappa shape index (κ1) is 18.2. The van der Waals surface area contributed by atoms with E-state index >= 15 is 0 Å². The summed E-state index contributed by atoms with van der Waals surface area (Å²) in [6, 6.07) is 16.1. The number of nitrogens with zero attached hydrogens (tertiary/aromatic N) is 3. The van der Waals surface area contributed by atoms with Crippen molar-refractivity contribution in [1.29, 1.82) is 0 Å². The van der Waals surface area contributed by atoms with Gasteiger partial charge in [0.05, 0.1) is 0 Å². The number of carbonyl (C=O) groups excluding carboxylic acids is 1. The predicted octanol–water partition coefficient (Wildman–Crippen LogP) is 4.74. The van der Waals surface area contributed by atoms with Gasteiger partial charge in [0.25, 0.3) is 5.91 Å². The van der Waals surface area contributed by atoms with Gasteiger partial charge in [0.1, 0.15) is 17.3 Å². The van der Waals surface area contributed by atoms with Crippen molar-refractivity contribution in [2.24, 2.45) is 0 Å². The molecule has 4 rings (SSSR count). The van der Waals surface area contributed by atoms with Crippen molar-refractivity contribution < 1.29 is 4.79 Å². The lowest BCUT2D eigenvalue weighted by Gasteiger charge is -2.22. The van der Waals surface area contributed by atoms with Crippen LogP contribution in [0, 0.1) is 20.8 Å². The van der Waals surface area contributed by atoms with Crippen molar-refractivity contribution in [3.8, 4) is 0 Å². The Morgan fingerprint density at radius 2 is 1.82 bits per heavy atom. The van der Waals surface area contributed by atoms with E-state index < -0.39 is 0 Å². The van der Waals surface area contributed by atoms with Gasteiger partial charge in [-0.25, -0.2) is 9.97 Å². The highest BCUT2D eigenvalue weighted by Crippen LogP contribution is 2.33. The maximum atomic E-state index is 13.3. The lowest BCUT2D eigenvalue weighted by Crippen LogP contribution is -2.36. The van der Waals surface area contributed by atoms with Crippen LogP contribution in [0.5, 0.6) is 0 Å². The topological polar surface area (TPSA) is 58.1 Å². The van der Waals surface area contributed by atoms with E-state index in [9.17, 15) is 4.79 Å². The van der Waals surface area contributed by atoms with Gasteiger partial charge in [-0.05, 0) is 69.0 Å². The molecular formula is C23H24N4O. The Morgan fingerprint density at radius 3 is 2.61 bits per heavy atom. The van der Waals surface area contributed by atoms with E-state index in [1.807, 2.05) is 36.1 Å². The molecule has 1 amide bonds. The third-order valence-electron chi connectivity index (χ3n) is 5.26. The molecule has 1 aliphatic rings. The number of rotatable bonds is 3. The molecular weight excluding hydrogens is 348 g/mol. The molecule has 0 bridgehead atoms. The molecule has 0 radical (unpaired) electrons. The SMILES string of the molecule is Cc1nc(Nc2ccc(C)c(C)c2)cc(C(=O)N2c3ccccc3CC2C)n1. The molecule has 142 valence electrons. The molecule has 2 aromatic carbocycles. The molecule has 0 saturated heterocycles. The van der Waals surface area contributed by atoms with Crippen molar-refractivity contribution >= 4 is 23.1 Å². The number of hydrogen-bond acceptors (Lipinski definition) is 4. The Labute approximate surface area is 165 Å². The molecule has 1 unspecified atom stereocenters. The van der Waals surface area contributed by atoms with Crippen molar-refractivity contribution in [3.05, 3.63) is 76.7 Å². The molecule has 1 atom stereocenters. The summed E-state index contributed by atoms with van der Waals surface area (Å²) >= 11 is 0. The fourth-order valence-electron chi connectivity index (χ4n) is 3.71. The first-order valence-corrected chi connectivity index (χ1v) is 9.54. The molecule has 0 saturated carbocycles. The molecule has 28 heavy (non-hydrogen) atoms. The van der Waals surface area contributed by atoms with Crippen LogP contribution in [0.15, 0.2) is 48.5 Å². The summed E-state index contributed by atoms with van der Waals surface area (Å²) in [5.74, 6) is 1.10. The molecule has 2 heterocycles. The van der Waals surface area contributed by atoms with Crippen LogP contribution in [0.25, 0.3) is 0 Å². The van der Waals surface area contributed by atoms with E-state index in [4.69, 9.17) is 0 Å². The molecule has 5 heteroatoms. The second kappa shape index (κ2) is 7.08.